The molecule has 3 heterocycles. The van der Waals surface area contributed by atoms with Crippen LogP contribution >= 0.6 is 22.9 Å². The zero-order valence-corrected chi connectivity index (χ0v) is 17.7. The molecule has 0 spiro atoms. The lowest BCUT2D eigenvalue weighted by atomic mass is 10.2. The summed E-state index contributed by atoms with van der Waals surface area (Å²) in [5.74, 6) is 1.28. The molecular weight excluding hydrogens is 406 g/mol. The summed E-state index contributed by atoms with van der Waals surface area (Å²) >= 11 is 7.68. The van der Waals surface area contributed by atoms with Gasteiger partial charge in [0.05, 0.1) is 12.2 Å². The molecule has 152 valence electrons. The van der Waals surface area contributed by atoms with Crippen molar-refractivity contribution in [2.75, 3.05) is 19.6 Å². The third-order valence-corrected chi connectivity index (χ3v) is 6.42. The molecule has 0 radical (unpaired) electrons. The van der Waals surface area contributed by atoms with Crippen molar-refractivity contribution in [1.82, 2.24) is 15.2 Å². The highest BCUT2D eigenvalue weighted by Gasteiger charge is 2.24. The number of hydrogen-bond donors (Lipinski definition) is 1. The summed E-state index contributed by atoms with van der Waals surface area (Å²) in [4.78, 5) is 20.5. The Morgan fingerprint density at radius 2 is 2.03 bits per heavy atom. The van der Waals surface area contributed by atoms with E-state index in [1.54, 1.807) is 17.5 Å². The van der Waals surface area contributed by atoms with Crippen LogP contribution < -0.4 is 5.32 Å². The minimum absolute atomic E-state index is 0.0250. The molecule has 29 heavy (non-hydrogen) atoms. The molecule has 0 aliphatic carbocycles. The number of nitrogens with one attached hydrogen (secondary N) is 1. The van der Waals surface area contributed by atoms with Gasteiger partial charge in [0, 0.05) is 34.8 Å². The van der Waals surface area contributed by atoms with E-state index in [2.05, 4.69) is 32.7 Å². The number of oxazole rings is 1. The lowest BCUT2D eigenvalue weighted by molar-refractivity contribution is -0.121. The summed E-state index contributed by atoms with van der Waals surface area (Å²) in [6, 6.07) is 11.9. The fraction of sp³-hybridized carbons (Fsp3) is 0.364. The molecule has 0 unspecified atom stereocenters. The van der Waals surface area contributed by atoms with Crippen molar-refractivity contribution in [1.29, 1.82) is 0 Å². The number of halogens is 1. The average molecular weight is 430 g/mol. The molecule has 1 saturated heterocycles. The number of nitrogens with zero attached hydrogens (tertiary/aromatic N) is 2. The van der Waals surface area contributed by atoms with Gasteiger partial charge in [0.1, 0.15) is 0 Å². The first-order valence-electron chi connectivity index (χ1n) is 9.94. The second-order valence-electron chi connectivity index (χ2n) is 7.20. The Bertz CT molecular complexity index is 918. The number of carbonyl (C=O) groups is 1. The first-order chi connectivity index (χ1) is 14.2. The Morgan fingerprint density at radius 3 is 2.76 bits per heavy atom. The maximum Gasteiger partial charge on any atom is 0.220 e. The number of aromatic nitrogens is 1. The Balaban J connectivity index is 1.29. The fourth-order valence-electron chi connectivity index (χ4n) is 3.64. The molecule has 3 aromatic rings. The molecule has 1 aliphatic heterocycles. The Hall–Kier alpha value is -2.15. The van der Waals surface area contributed by atoms with Gasteiger partial charge in [-0.15, -0.1) is 11.3 Å². The molecule has 2 aromatic heterocycles. The van der Waals surface area contributed by atoms with Crippen LogP contribution in [0.25, 0.3) is 11.3 Å². The van der Waals surface area contributed by atoms with Crippen molar-refractivity contribution in [3.8, 4) is 11.3 Å². The molecule has 1 aromatic carbocycles. The first kappa shape index (κ1) is 20.1. The number of amides is 1. The van der Waals surface area contributed by atoms with Crippen molar-refractivity contribution in [2.45, 2.75) is 31.7 Å². The fourth-order valence-corrected chi connectivity index (χ4v) is 4.62. The molecule has 1 atom stereocenters. The summed E-state index contributed by atoms with van der Waals surface area (Å²) in [5.41, 5.74) is 0.919. The third-order valence-electron chi connectivity index (χ3n) is 5.19. The highest BCUT2D eigenvalue weighted by atomic mass is 35.5. The molecule has 4 rings (SSSR count). The second kappa shape index (κ2) is 9.57. The van der Waals surface area contributed by atoms with Gasteiger partial charge in [-0.25, -0.2) is 4.98 Å². The Labute approximate surface area is 179 Å². The number of thiophene rings is 1. The van der Waals surface area contributed by atoms with Gasteiger partial charge in [-0.2, -0.15) is 0 Å². The van der Waals surface area contributed by atoms with E-state index in [1.807, 2.05) is 24.3 Å². The predicted octanol–water partition coefficient (Wildman–Crippen LogP) is 4.94. The minimum atomic E-state index is 0.0250. The summed E-state index contributed by atoms with van der Waals surface area (Å²) in [7, 11) is 0. The lowest BCUT2D eigenvalue weighted by Gasteiger charge is -2.26. The van der Waals surface area contributed by atoms with Crippen LogP contribution in [0.1, 0.15) is 36.1 Å². The average Bonchev–Trinajstić information content (AvgIpc) is 3.50. The number of carbonyl (C=O) groups excluding carboxylic acids is 1. The van der Waals surface area contributed by atoms with E-state index in [9.17, 15) is 4.79 Å². The predicted molar refractivity (Wildman–Crippen MR) is 116 cm³/mol. The van der Waals surface area contributed by atoms with Crippen LogP contribution in [0.4, 0.5) is 0 Å². The van der Waals surface area contributed by atoms with Crippen LogP contribution in [0.2, 0.25) is 5.02 Å². The number of likely N-dealkylation sites (tertiary alicyclic amines) is 1. The number of aryl methyl sites for hydroxylation is 1. The topological polar surface area (TPSA) is 58.4 Å². The van der Waals surface area contributed by atoms with Gasteiger partial charge in [0.25, 0.3) is 0 Å². The van der Waals surface area contributed by atoms with Gasteiger partial charge < -0.3 is 9.73 Å². The van der Waals surface area contributed by atoms with E-state index < -0.39 is 0 Å². The van der Waals surface area contributed by atoms with Crippen LogP contribution in [0, 0.1) is 0 Å². The number of hydrogen-bond acceptors (Lipinski definition) is 5. The van der Waals surface area contributed by atoms with Crippen LogP contribution in [0.15, 0.2) is 52.4 Å². The van der Waals surface area contributed by atoms with E-state index in [0.29, 0.717) is 36.1 Å². The Kier molecular flexibility index (Phi) is 6.64. The Morgan fingerprint density at radius 1 is 1.24 bits per heavy atom. The maximum atomic E-state index is 12.4. The molecule has 0 saturated carbocycles. The van der Waals surface area contributed by atoms with Crippen molar-refractivity contribution >= 4 is 28.8 Å². The van der Waals surface area contributed by atoms with Crippen molar-refractivity contribution in [3.05, 3.63) is 63.8 Å². The van der Waals surface area contributed by atoms with Crippen molar-refractivity contribution in [3.63, 3.8) is 0 Å². The quantitative estimate of drug-likeness (QED) is 0.550. The molecule has 1 amide bonds. The summed E-state index contributed by atoms with van der Waals surface area (Å²) in [5, 5.41) is 5.88. The number of benzene rings is 1. The lowest BCUT2D eigenvalue weighted by Crippen LogP contribution is -2.36. The minimum Gasteiger partial charge on any atom is -0.441 e. The summed E-state index contributed by atoms with van der Waals surface area (Å²) in [6.07, 6.45) is 4.99. The summed E-state index contributed by atoms with van der Waals surface area (Å²) < 4.78 is 5.78. The highest BCUT2D eigenvalue weighted by Crippen LogP contribution is 2.28. The van der Waals surface area contributed by atoms with Gasteiger partial charge in [0.15, 0.2) is 11.7 Å². The van der Waals surface area contributed by atoms with Crippen LogP contribution in [-0.4, -0.2) is 35.4 Å². The van der Waals surface area contributed by atoms with Gasteiger partial charge in [-0.3, -0.25) is 9.69 Å². The van der Waals surface area contributed by atoms with Gasteiger partial charge >= 0.3 is 0 Å². The largest absolute Gasteiger partial charge is 0.441 e. The zero-order valence-electron chi connectivity index (χ0n) is 16.1. The highest BCUT2D eigenvalue weighted by molar-refractivity contribution is 7.10. The monoisotopic (exact) mass is 429 g/mol. The van der Waals surface area contributed by atoms with Crippen molar-refractivity contribution in [2.24, 2.45) is 0 Å². The molecule has 7 heteroatoms. The summed E-state index contributed by atoms with van der Waals surface area (Å²) in [6.45, 7) is 2.84. The van der Waals surface area contributed by atoms with Crippen LogP contribution in [0.5, 0.6) is 0 Å². The number of rotatable bonds is 8. The first-order valence-corrected chi connectivity index (χ1v) is 11.2. The van der Waals surface area contributed by atoms with E-state index >= 15 is 0 Å². The van der Waals surface area contributed by atoms with Gasteiger partial charge in [-0.1, -0.05) is 17.7 Å². The van der Waals surface area contributed by atoms with E-state index in [1.165, 1.54) is 17.7 Å². The molecular formula is C22H24ClN3O2S. The third kappa shape index (κ3) is 5.26. The second-order valence-corrected chi connectivity index (χ2v) is 8.62. The van der Waals surface area contributed by atoms with Gasteiger partial charge in [0.2, 0.25) is 5.91 Å². The molecule has 1 N–H and O–H groups in total. The van der Waals surface area contributed by atoms with Crippen LogP contribution in [0.3, 0.4) is 0 Å². The normalized spacial score (nSPS) is 15.5. The SMILES string of the molecule is O=C(CCc1ncc(-c2ccc(Cl)cc2)o1)NC[C@@H](c1cccs1)N1CCCC1. The van der Waals surface area contributed by atoms with Crippen LogP contribution in [-0.2, 0) is 11.2 Å². The zero-order chi connectivity index (χ0) is 20.1. The standard InChI is InChI=1S/C22H24ClN3O2S/c23-17-7-5-16(6-8-17)19-15-25-22(28-19)10-9-21(27)24-14-18(20-4-3-13-29-20)26-11-1-2-12-26/h3-8,13,15,18H,1-2,9-12,14H2,(H,24,27)/t18-/m0/s1. The van der Waals surface area contributed by atoms with E-state index in [-0.39, 0.29) is 11.9 Å². The molecule has 1 fully saturated rings. The van der Waals surface area contributed by atoms with E-state index in [4.69, 9.17) is 16.0 Å². The molecule has 5 nitrogen and oxygen atoms in total. The van der Waals surface area contributed by atoms with E-state index in [0.717, 1.165) is 18.7 Å². The van der Waals surface area contributed by atoms with Gasteiger partial charge in [-0.05, 0) is 61.6 Å². The maximum absolute atomic E-state index is 12.4. The molecule has 0 bridgehead atoms. The smallest absolute Gasteiger partial charge is 0.220 e. The van der Waals surface area contributed by atoms with Crippen molar-refractivity contribution < 1.29 is 9.21 Å². The molecule has 1 aliphatic rings.